The third kappa shape index (κ3) is 4.08. The van der Waals surface area contributed by atoms with Gasteiger partial charge in [0.2, 0.25) is 0 Å². The van der Waals surface area contributed by atoms with Crippen molar-refractivity contribution < 1.29 is 0 Å². The maximum absolute atomic E-state index is 4.49. The maximum Gasteiger partial charge on any atom is 0.0273 e. The van der Waals surface area contributed by atoms with E-state index in [0.717, 1.165) is 19.3 Å². The van der Waals surface area contributed by atoms with Crippen molar-refractivity contribution in [1.82, 2.24) is 29.9 Å². The molecular formula is C51H30N6. The van der Waals surface area contributed by atoms with E-state index in [1.807, 2.05) is 74.4 Å². The molecule has 264 valence electrons. The third-order valence-corrected chi connectivity index (χ3v) is 12.7. The Kier molecular flexibility index (Phi) is 6.24. The predicted octanol–water partition coefficient (Wildman–Crippen LogP) is 11.2. The summed E-state index contributed by atoms with van der Waals surface area (Å²) in [6.07, 6.45) is 25.6. The molecule has 6 heterocycles. The van der Waals surface area contributed by atoms with E-state index < -0.39 is 0 Å². The van der Waals surface area contributed by atoms with E-state index >= 15 is 0 Å². The summed E-state index contributed by atoms with van der Waals surface area (Å²) in [5, 5.41) is 8.47. The smallest absolute Gasteiger partial charge is 0.0273 e. The van der Waals surface area contributed by atoms with E-state index in [4.69, 9.17) is 0 Å². The van der Waals surface area contributed by atoms with Crippen molar-refractivity contribution in [1.29, 1.82) is 0 Å². The molecule has 6 aromatic heterocycles. The summed E-state index contributed by atoms with van der Waals surface area (Å²) in [4.78, 5) is 26.9. The van der Waals surface area contributed by atoms with Crippen molar-refractivity contribution in [2.75, 3.05) is 0 Å². The van der Waals surface area contributed by atoms with E-state index in [-0.39, 0.29) is 0 Å². The van der Waals surface area contributed by atoms with E-state index in [2.05, 4.69) is 103 Å². The van der Waals surface area contributed by atoms with Crippen molar-refractivity contribution in [3.63, 3.8) is 0 Å². The first-order valence-electron chi connectivity index (χ1n) is 19.4. The van der Waals surface area contributed by atoms with Gasteiger partial charge in [-0.3, -0.25) is 29.9 Å². The molecule has 0 aliphatic heterocycles. The van der Waals surface area contributed by atoms with E-state index in [0.29, 0.717) is 0 Å². The molecule has 0 atom stereocenters. The number of benzene rings is 4. The predicted molar refractivity (Wildman–Crippen MR) is 227 cm³/mol. The molecule has 57 heavy (non-hydrogen) atoms. The summed E-state index contributed by atoms with van der Waals surface area (Å²) >= 11 is 0. The van der Waals surface area contributed by atoms with Crippen LogP contribution in [0.2, 0.25) is 0 Å². The zero-order chi connectivity index (χ0) is 37.2. The molecule has 0 radical (unpaired) electrons. The molecule has 0 fully saturated rings. The van der Waals surface area contributed by atoms with Crippen molar-refractivity contribution >= 4 is 32.3 Å². The summed E-state index contributed by atoms with van der Waals surface area (Å²) in [5.41, 5.74) is 23.2. The average molecular weight is 727 g/mol. The molecule has 10 aromatic rings. The molecule has 0 N–H and O–H groups in total. The Hall–Kier alpha value is -7.44. The highest BCUT2D eigenvalue weighted by molar-refractivity contribution is 6.38. The number of hydrogen-bond acceptors (Lipinski definition) is 6. The second-order valence-electron chi connectivity index (χ2n) is 15.3. The molecule has 3 aliphatic carbocycles. The Balaban J connectivity index is 1.31. The van der Waals surface area contributed by atoms with Gasteiger partial charge in [-0.1, -0.05) is 0 Å². The second-order valence-corrected chi connectivity index (χ2v) is 15.3. The minimum Gasteiger partial charge on any atom is -0.265 e. The highest BCUT2D eigenvalue weighted by Gasteiger charge is 2.41. The van der Waals surface area contributed by atoms with Crippen LogP contribution in [-0.4, -0.2) is 29.9 Å². The third-order valence-electron chi connectivity index (χ3n) is 12.7. The van der Waals surface area contributed by atoms with Gasteiger partial charge in [0.05, 0.1) is 0 Å². The molecule has 0 spiro atoms. The second kappa shape index (κ2) is 11.5. The molecule has 0 unspecified atom stereocenters. The van der Waals surface area contributed by atoms with Crippen LogP contribution >= 0.6 is 0 Å². The van der Waals surface area contributed by atoms with Gasteiger partial charge < -0.3 is 0 Å². The minimum absolute atomic E-state index is 0.809. The number of hydrogen-bond donors (Lipinski definition) is 0. The lowest BCUT2D eigenvalue weighted by molar-refractivity contribution is 1.23. The van der Waals surface area contributed by atoms with Crippen LogP contribution in [0, 0.1) is 0 Å². The summed E-state index contributed by atoms with van der Waals surface area (Å²) in [7, 11) is 0. The highest BCUT2D eigenvalue weighted by Crippen LogP contribution is 2.63. The Morgan fingerprint density at radius 3 is 0.491 bits per heavy atom. The molecule has 0 bridgehead atoms. The molecule has 4 aromatic carbocycles. The zero-order valence-electron chi connectivity index (χ0n) is 30.7. The first kappa shape index (κ1) is 30.8. The Labute approximate surface area is 327 Å². The summed E-state index contributed by atoms with van der Waals surface area (Å²) < 4.78 is 0. The Morgan fingerprint density at radius 2 is 0.351 bits per heavy atom. The van der Waals surface area contributed by atoms with Crippen molar-refractivity contribution in [2.24, 2.45) is 0 Å². The van der Waals surface area contributed by atoms with Crippen LogP contribution in [0.3, 0.4) is 0 Å². The Bertz CT molecular complexity index is 2710. The molecule has 6 nitrogen and oxygen atoms in total. The molecular weight excluding hydrogens is 697 g/mol. The van der Waals surface area contributed by atoms with Gasteiger partial charge in [0.25, 0.3) is 0 Å². The topological polar surface area (TPSA) is 77.3 Å². The van der Waals surface area contributed by atoms with Crippen LogP contribution in [0.15, 0.2) is 147 Å². The van der Waals surface area contributed by atoms with Crippen molar-refractivity contribution in [3.05, 3.63) is 181 Å². The van der Waals surface area contributed by atoms with Gasteiger partial charge in [-0.25, -0.2) is 0 Å². The zero-order valence-corrected chi connectivity index (χ0v) is 30.7. The van der Waals surface area contributed by atoms with E-state index in [1.165, 1.54) is 132 Å². The SMILES string of the molecule is c1cc(-c2c(-c3ccncc3)c3c4c5c2Cc2c(-c6ccncc6)c(-c6ccncc6)c6c(c25)c2c(c(-c5ccncc5)c(-c5ccncc5)c(c42)C3)C6)ccn1. The molecule has 0 saturated heterocycles. The fraction of sp³-hybridized carbons (Fsp3) is 0.0588. The van der Waals surface area contributed by atoms with Crippen LogP contribution in [-0.2, 0) is 19.3 Å². The molecule has 13 rings (SSSR count). The van der Waals surface area contributed by atoms with Crippen molar-refractivity contribution in [3.8, 4) is 66.8 Å². The monoisotopic (exact) mass is 726 g/mol. The van der Waals surface area contributed by atoms with Crippen LogP contribution in [0.4, 0.5) is 0 Å². The lowest BCUT2D eigenvalue weighted by Crippen LogP contribution is -1.99. The van der Waals surface area contributed by atoms with Crippen molar-refractivity contribution in [2.45, 2.75) is 19.3 Å². The molecule has 6 heteroatoms. The number of rotatable bonds is 6. The van der Waals surface area contributed by atoms with Gasteiger partial charge in [0, 0.05) is 74.4 Å². The standard InChI is InChI=1S/C51H30N6/c1-13-52-14-2-28(1)40-34-25-36-42(30-5-17-54-18-6-30)44(32-9-21-56-22-10-32)38-27-39-45(33-11-23-57-24-12-33)43(31-7-19-55-20-8-31)37-26-35(41(40)29-3-15-53-16-4-29)47-46(34)48(36)50(38)51(39)49(37)47/h1-24H,25-27H2. The normalized spacial score (nSPS) is 13.1. The lowest BCUT2D eigenvalue weighted by atomic mass is 9.83. The fourth-order valence-corrected chi connectivity index (χ4v) is 10.8. The highest BCUT2D eigenvalue weighted by atomic mass is 14.6. The number of nitrogens with zero attached hydrogens (tertiary/aromatic N) is 6. The molecule has 0 amide bonds. The van der Waals surface area contributed by atoms with Gasteiger partial charge in [-0.15, -0.1) is 0 Å². The van der Waals surface area contributed by atoms with E-state index in [9.17, 15) is 0 Å². The average Bonchev–Trinajstić information content (AvgIpc) is 3.99. The number of aromatic nitrogens is 6. The molecule has 0 saturated carbocycles. The lowest BCUT2D eigenvalue weighted by Gasteiger charge is -2.20. The van der Waals surface area contributed by atoms with Gasteiger partial charge >= 0.3 is 0 Å². The summed E-state index contributed by atoms with van der Waals surface area (Å²) in [5.74, 6) is 0. The van der Waals surface area contributed by atoms with Crippen LogP contribution < -0.4 is 0 Å². The van der Waals surface area contributed by atoms with Gasteiger partial charge in [0.15, 0.2) is 0 Å². The van der Waals surface area contributed by atoms with Gasteiger partial charge in [-0.05, 0) is 225 Å². The van der Waals surface area contributed by atoms with Gasteiger partial charge in [-0.2, -0.15) is 0 Å². The first-order valence-corrected chi connectivity index (χ1v) is 19.4. The summed E-state index contributed by atoms with van der Waals surface area (Å²) in [6, 6.07) is 26.3. The van der Waals surface area contributed by atoms with Crippen LogP contribution in [0.25, 0.3) is 99.1 Å². The fourth-order valence-electron chi connectivity index (χ4n) is 10.8. The maximum atomic E-state index is 4.49. The van der Waals surface area contributed by atoms with Gasteiger partial charge in [0.1, 0.15) is 0 Å². The quantitative estimate of drug-likeness (QED) is 0.159. The Morgan fingerprint density at radius 1 is 0.211 bits per heavy atom. The molecule has 3 aliphatic rings. The van der Waals surface area contributed by atoms with E-state index in [1.54, 1.807) is 0 Å². The first-order chi connectivity index (χ1) is 28.3. The minimum atomic E-state index is 0.809. The van der Waals surface area contributed by atoms with Crippen LogP contribution in [0.5, 0.6) is 0 Å². The summed E-state index contributed by atoms with van der Waals surface area (Å²) in [6.45, 7) is 0. The van der Waals surface area contributed by atoms with Crippen LogP contribution in [0.1, 0.15) is 33.4 Å². The number of pyridine rings is 6. The largest absolute Gasteiger partial charge is 0.265 e.